The molecule has 0 aliphatic carbocycles. The fourth-order valence-electron chi connectivity index (χ4n) is 4.53. The maximum absolute atomic E-state index is 11.8. The number of unbranched alkanes of at least 4 members (excludes halogenated alkanes) is 1. The van der Waals surface area contributed by atoms with Crippen LogP contribution in [0.25, 0.3) is 0 Å². The molecule has 162 valence electrons. The average Bonchev–Trinajstić information content (AvgIpc) is 2.88. The van der Waals surface area contributed by atoms with E-state index < -0.39 is 11.2 Å². The predicted octanol–water partition coefficient (Wildman–Crippen LogP) is 6.42. The van der Waals surface area contributed by atoms with Crippen LogP contribution in [0, 0.1) is 0 Å². The highest BCUT2D eigenvalue weighted by molar-refractivity contribution is 5.37. The van der Waals surface area contributed by atoms with Gasteiger partial charge in [0, 0.05) is 0 Å². The van der Waals surface area contributed by atoms with E-state index in [2.05, 4.69) is 0 Å². The van der Waals surface area contributed by atoms with Crippen molar-refractivity contribution in [3.05, 3.63) is 144 Å². The van der Waals surface area contributed by atoms with Crippen LogP contribution in [-0.2, 0) is 11.2 Å². The predicted molar refractivity (Wildman–Crippen MR) is 130 cm³/mol. The van der Waals surface area contributed by atoms with Crippen molar-refractivity contribution in [2.75, 3.05) is 0 Å². The van der Waals surface area contributed by atoms with E-state index in [0.29, 0.717) is 12.8 Å². The third-order valence-corrected chi connectivity index (χ3v) is 6.33. The van der Waals surface area contributed by atoms with Gasteiger partial charge in [0.25, 0.3) is 0 Å². The van der Waals surface area contributed by atoms with Crippen LogP contribution in [0.5, 0.6) is 0 Å². The molecule has 4 aromatic rings. The molecule has 0 amide bonds. The van der Waals surface area contributed by atoms with Crippen LogP contribution in [0.3, 0.4) is 0 Å². The van der Waals surface area contributed by atoms with Gasteiger partial charge in [0.2, 0.25) is 0 Å². The molecule has 0 aromatic heterocycles. The van der Waals surface area contributed by atoms with Crippen LogP contribution in [0.4, 0.5) is 0 Å². The molecule has 0 bridgehead atoms. The summed E-state index contributed by atoms with van der Waals surface area (Å²) in [6, 6.07) is 39.5. The summed E-state index contributed by atoms with van der Waals surface area (Å²) < 4.78 is 0. The summed E-state index contributed by atoms with van der Waals surface area (Å²) in [7, 11) is 0. The maximum atomic E-state index is 11.8. The summed E-state index contributed by atoms with van der Waals surface area (Å²) in [5, 5.41) is 23.5. The van der Waals surface area contributed by atoms with E-state index >= 15 is 0 Å². The quantitative estimate of drug-likeness (QED) is 0.306. The van der Waals surface area contributed by atoms with Crippen LogP contribution in [0.2, 0.25) is 0 Å². The average molecular weight is 423 g/mol. The molecular formula is C30H30O2. The zero-order chi connectivity index (χ0) is 22.3. The lowest BCUT2D eigenvalue weighted by molar-refractivity contribution is 0.0524. The molecule has 0 unspecified atom stereocenters. The Labute approximate surface area is 190 Å². The highest BCUT2D eigenvalue weighted by Gasteiger charge is 2.33. The Balaban J connectivity index is 1.54. The topological polar surface area (TPSA) is 40.5 Å². The van der Waals surface area contributed by atoms with Crippen LogP contribution in [0.1, 0.15) is 47.9 Å². The van der Waals surface area contributed by atoms with E-state index in [0.717, 1.165) is 35.1 Å². The zero-order valence-electron chi connectivity index (χ0n) is 18.3. The molecule has 0 aliphatic heterocycles. The Kier molecular flexibility index (Phi) is 6.84. The minimum Gasteiger partial charge on any atom is -0.380 e. The fourth-order valence-corrected chi connectivity index (χ4v) is 4.53. The van der Waals surface area contributed by atoms with Gasteiger partial charge in [-0.15, -0.1) is 0 Å². The van der Waals surface area contributed by atoms with Crippen LogP contribution >= 0.6 is 0 Å². The smallest absolute Gasteiger partial charge is 0.115 e. The second-order valence-electron chi connectivity index (χ2n) is 8.39. The van der Waals surface area contributed by atoms with Gasteiger partial charge in [0.15, 0.2) is 0 Å². The Hall–Kier alpha value is -3.20. The molecular weight excluding hydrogens is 392 g/mol. The molecule has 0 heterocycles. The molecule has 2 heteroatoms. The summed E-state index contributed by atoms with van der Waals surface area (Å²) in [4.78, 5) is 0. The van der Waals surface area contributed by atoms with Crippen molar-refractivity contribution in [2.24, 2.45) is 0 Å². The molecule has 2 nitrogen and oxygen atoms in total. The van der Waals surface area contributed by atoms with Gasteiger partial charge in [0.05, 0.1) is 0 Å². The Morgan fingerprint density at radius 2 is 0.594 bits per heavy atom. The Bertz CT molecular complexity index is 907. The molecule has 0 saturated carbocycles. The Morgan fingerprint density at radius 1 is 0.375 bits per heavy atom. The van der Waals surface area contributed by atoms with Crippen LogP contribution in [-0.4, -0.2) is 10.2 Å². The van der Waals surface area contributed by atoms with Gasteiger partial charge in [-0.2, -0.15) is 0 Å². The minimum atomic E-state index is -1.06. The van der Waals surface area contributed by atoms with E-state index in [4.69, 9.17) is 0 Å². The SMILES string of the molecule is OC(CCCCC(O)(c1ccccc1)c1ccccc1)(c1ccccc1)c1ccccc1. The van der Waals surface area contributed by atoms with Crippen molar-refractivity contribution < 1.29 is 10.2 Å². The molecule has 0 aliphatic rings. The van der Waals surface area contributed by atoms with Crippen LogP contribution < -0.4 is 0 Å². The zero-order valence-corrected chi connectivity index (χ0v) is 18.3. The van der Waals surface area contributed by atoms with E-state index in [1.807, 2.05) is 121 Å². The lowest BCUT2D eigenvalue weighted by Crippen LogP contribution is -2.29. The van der Waals surface area contributed by atoms with Gasteiger partial charge in [-0.05, 0) is 47.9 Å². The molecule has 0 atom stereocenters. The third-order valence-electron chi connectivity index (χ3n) is 6.33. The van der Waals surface area contributed by atoms with Crippen molar-refractivity contribution >= 4 is 0 Å². The number of aliphatic hydroxyl groups is 2. The van der Waals surface area contributed by atoms with E-state index in [1.165, 1.54) is 0 Å². The van der Waals surface area contributed by atoms with Gasteiger partial charge in [0.1, 0.15) is 11.2 Å². The van der Waals surface area contributed by atoms with E-state index in [1.54, 1.807) is 0 Å². The molecule has 0 spiro atoms. The fraction of sp³-hybridized carbons (Fsp3) is 0.200. The number of benzene rings is 4. The lowest BCUT2D eigenvalue weighted by atomic mass is 9.79. The highest BCUT2D eigenvalue weighted by atomic mass is 16.3. The van der Waals surface area contributed by atoms with Gasteiger partial charge in [-0.1, -0.05) is 121 Å². The first-order valence-corrected chi connectivity index (χ1v) is 11.3. The van der Waals surface area contributed by atoms with Crippen molar-refractivity contribution in [3.8, 4) is 0 Å². The molecule has 32 heavy (non-hydrogen) atoms. The third kappa shape index (κ3) is 4.67. The van der Waals surface area contributed by atoms with Crippen molar-refractivity contribution in [1.29, 1.82) is 0 Å². The number of hydrogen-bond acceptors (Lipinski definition) is 2. The minimum absolute atomic E-state index is 0.584. The lowest BCUT2D eigenvalue weighted by Gasteiger charge is -2.32. The summed E-state index contributed by atoms with van der Waals surface area (Å²) in [5.74, 6) is 0. The Morgan fingerprint density at radius 3 is 0.812 bits per heavy atom. The summed E-state index contributed by atoms with van der Waals surface area (Å²) in [6.45, 7) is 0. The van der Waals surface area contributed by atoms with E-state index in [-0.39, 0.29) is 0 Å². The van der Waals surface area contributed by atoms with Crippen molar-refractivity contribution in [1.82, 2.24) is 0 Å². The van der Waals surface area contributed by atoms with Gasteiger partial charge in [-0.3, -0.25) is 0 Å². The van der Waals surface area contributed by atoms with Gasteiger partial charge >= 0.3 is 0 Å². The van der Waals surface area contributed by atoms with E-state index in [9.17, 15) is 10.2 Å². The molecule has 4 rings (SSSR count). The second kappa shape index (κ2) is 9.95. The molecule has 2 N–H and O–H groups in total. The van der Waals surface area contributed by atoms with Crippen molar-refractivity contribution in [2.45, 2.75) is 36.9 Å². The summed E-state index contributed by atoms with van der Waals surface area (Å²) in [5.41, 5.74) is 1.47. The number of hydrogen-bond donors (Lipinski definition) is 2. The molecule has 0 radical (unpaired) electrons. The van der Waals surface area contributed by atoms with Gasteiger partial charge < -0.3 is 10.2 Å². The first-order valence-electron chi connectivity index (χ1n) is 11.3. The maximum Gasteiger partial charge on any atom is 0.115 e. The highest BCUT2D eigenvalue weighted by Crippen LogP contribution is 2.38. The molecule has 0 saturated heterocycles. The largest absolute Gasteiger partial charge is 0.380 e. The first kappa shape index (κ1) is 22.0. The van der Waals surface area contributed by atoms with Crippen LogP contribution in [0.15, 0.2) is 121 Å². The summed E-state index contributed by atoms with van der Waals surface area (Å²) in [6.07, 6.45) is 2.73. The molecule has 0 fully saturated rings. The molecule has 4 aromatic carbocycles. The standard InChI is InChI=1S/C30H30O2/c31-29(25-15-5-1-6-16-25,26-17-7-2-8-18-26)23-13-14-24-30(32,27-19-9-3-10-20-27)28-21-11-4-12-22-28/h1-12,15-22,31-32H,13-14,23-24H2. The monoisotopic (exact) mass is 422 g/mol. The summed E-state index contributed by atoms with van der Waals surface area (Å²) >= 11 is 0. The van der Waals surface area contributed by atoms with Crippen molar-refractivity contribution in [3.63, 3.8) is 0 Å². The first-order chi connectivity index (χ1) is 15.6. The van der Waals surface area contributed by atoms with Gasteiger partial charge in [-0.25, -0.2) is 0 Å². The second-order valence-corrected chi connectivity index (χ2v) is 8.39. The normalized spacial score (nSPS) is 11.9. The number of rotatable bonds is 9.